The molecule has 2 fully saturated rings. The molecule has 4 rings (SSSR count). The van der Waals surface area contributed by atoms with E-state index in [-0.39, 0.29) is 23.5 Å². The molecule has 0 saturated carbocycles. The quantitative estimate of drug-likeness (QED) is 0.786. The van der Waals surface area contributed by atoms with Crippen LogP contribution in [0.15, 0.2) is 42.1 Å². The van der Waals surface area contributed by atoms with Gasteiger partial charge in [-0.2, -0.15) is 0 Å². The van der Waals surface area contributed by atoms with E-state index >= 15 is 0 Å². The highest BCUT2D eigenvalue weighted by molar-refractivity contribution is 5.92. The van der Waals surface area contributed by atoms with Crippen LogP contribution in [0.2, 0.25) is 0 Å². The first-order valence-corrected chi connectivity index (χ1v) is 11.0. The van der Waals surface area contributed by atoms with E-state index in [2.05, 4.69) is 5.32 Å². The maximum atomic E-state index is 13.9. The number of nitrogens with zero attached hydrogens (tertiary/aromatic N) is 3. The van der Waals surface area contributed by atoms with Crippen LogP contribution in [-0.2, 0) is 7.05 Å². The number of amides is 3. The van der Waals surface area contributed by atoms with Crippen molar-refractivity contribution in [2.45, 2.75) is 31.7 Å². The summed E-state index contributed by atoms with van der Waals surface area (Å²) in [5, 5.41) is 3.09. The Kier molecular flexibility index (Phi) is 6.58. The van der Waals surface area contributed by atoms with Gasteiger partial charge in [-0.25, -0.2) is 13.6 Å². The van der Waals surface area contributed by atoms with Gasteiger partial charge in [0.1, 0.15) is 17.3 Å². The minimum Gasteiger partial charge on any atom is -0.347 e. The lowest BCUT2D eigenvalue weighted by molar-refractivity contribution is 0.0696. The van der Waals surface area contributed by atoms with E-state index in [0.717, 1.165) is 30.5 Å². The molecule has 0 bridgehead atoms. The number of hydrogen-bond donors (Lipinski definition) is 1. The molecular formula is C24H28F2N4O2. The van der Waals surface area contributed by atoms with Crippen molar-refractivity contribution in [2.24, 2.45) is 7.05 Å². The number of aryl methyl sites for hydroxylation is 1. The lowest BCUT2D eigenvalue weighted by atomic mass is 10.0. The molecule has 0 atom stereocenters. The van der Waals surface area contributed by atoms with Gasteiger partial charge in [0.15, 0.2) is 0 Å². The molecule has 6 nitrogen and oxygen atoms in total. The summed E-state index contributed by atoms with van der Waals surface area (Å²) in [4.78, 5) is 28.9. The van der Waals surface area contributed by atoms with E-state index in [1.54, 1.807) is 11.0 Å². The molecule has 1 aromatic heterocycles. The normalized spacial score (nSPS) is 17.4. The number of halogens is 2. The minimum atomic E-state index is -0.466. The highest BCUT2D eigenvalue weighted by atomic mass is 19.1. The molecule has 3 heterocycles. The van der Waals surface area contributed by atoms with Crippen LogP contribution in [0.1, 0.15) is 41.7 Å². The van der Waals surface area contributed by atoms with Gasteiger partial charge < -0.3 is 19.7 Å². The molecule has 0 spiro atoms. The minimum absolute atomic E-state index is 0.0207. The van der Waals surface area contributed by atoms with E-state index in [0.29, 0.717) is 44.7 Å². The first kappa shape index (κ1) is 22.0. The van der Waals surface area contributed by atoms with Crippen LogP contribution >= 0.6 is 0 Å². The van der Waals surface area contributed by atoms with Crippen molar-refractivity contribution in [3.63, 3.8) is 0 Å². The van der Waals surface area contributed by atoms with Crippen LogP contribution in [0.25, 0.3) is 6.08 Å². The highest BCUT2D eigenvalue weighted by Crippen LogP contribution is 2.22. The molecule has 3 amide bonds. The van der Waals surface area contributed by atoms with Crippen molar-refractivity contribution in [2.75, 3.05) is 26.2 Å². The fourth-order valence-corrected chi connectivity index (χ4v) is 4.32. The molecule has 0 unspecified atom stereocenters. The first-order valence-electron chi connectivity index (χ1n) is 11.0. The van der Waals surface area contributed by atoms with Gasteiger partial charge >= 0.3 is 6.03 Å². The average Bonchev–Trinajstić information content (AvgIpc) is 3.22. The van der Waals surface area contributed by atoms with Crippen molar-refractivity contribution in [3.8, 4) is 0 Å². The Morgan fingerprint density at radius 3 is 2.41 bits per heavy atom. The zero-order valence-corrected chi connectivity index (χ0v) is 18.2. The Morgan fingerprint density at radius 2 is 1.75 bits per heavy atom. The Bertz CT molecular complexity index is 1010. The largest absolute Gasteiger partial charge is 0.347 e. The van der Waals surface area contributed by atoms with Gasteiger partial charge in [0.05, 0.1) is 0 Å². The Morgan fingerprint density at radius 1 is 1.03 bits per heavy atom. The maximum absolute atomic E-state index is 13.9. The molecule has 170 valence electrons. The third-order valence-corrected chi connectivity index (χ3v) is 6.28. The van der Waals surface area contributed by atoms with Gasteiger partial charge in [-0.15, -0.1) is 0 Å². The summed E-state index contributed by atoms with van der Waals surface area (Å²) in [5.74, 6) is -0.894. The van der Waals surface area contributed by atoms with Gasteiger partial charge in [0, 0.05) is 51.0 Å². The summed E-state index contributed by atoms with van der Waals surface area (Å²) < 4.78 is 29.0. The van der Waals surface area contributed by atoms with Gasteiger partial charge in [-0.05, 0) is 56.0 Å². The number of urea groups is 1. The van der Waals surface area contributed by atoms with E-state index in [1.165, 1.54) is 6.07 Å². The number of rotatable bonds is 3. The van der Waals surface area contributed by atoms with Crippen molar-refractivity contribution >= 4 is 18.0 Å². The standard InChI is InChI=1S/C24H28F2N4O2/c1-28-10-2-3-22(28)23(31)29-13-8-20(9-14-29)27-24(32)30-11-6-17(7-12-30)15-18-16-19(25)4-5-21(18)26/h2-5,10,15-16,20H,6-9,11-14H2,1H3,(H,27,32). The van der Waals surface area contributed by atoms with E-state index in [4.69, 9.17) is 0 Å². The number of carbonyl (C=O) groups is 2. The molecule has 32 heavy (non-hydrogen) atoms. The molecule has 2 aliphatic heterocycles. The predicted molar refractivity (Wildman–Crippen MR) is 118 cm³/mol. The molecule has 8 heteroatoms. The summed E-state index contributed by atoms with van der Waals surface area (Å²) in [6, 6.07) is 7.03. The number of likely N-dealkylation sites (tertiary alicyclic amines) is 2. The monoisotopic (exact) mass is 442 g/mol. The number of nitrogens with one attached hydrogen (secondary N) is 1. The summed E-state index contributed by atoms with van der Waals surface area (Å²) in [6.07, 6.45) is 6.25. The number of carbonyl (C=O) groups excluding carboxylic acids is 2. The Hall–Kier alpha value is -3.16. The molecule has 2 saturated heterocycles. The molecular weight excluding hydrogens is 414 g/mol. The zero-order valence-electron chi connectivity index (χ0n) is 18.2. The summed E-state index contributed by atoms with van der Waals surface area (Å²) in [6.45, 7) is 2.31. The second-order valence-corrected chi connectivity index (χ2v) is 8.48. The van der Waals surface area contributed by atoms with Crippen molar-refractivity contribution in [1.82, 2.24) is 19.7 Å². The van der Waals surface area contributed by atoms with Gasteiger partial charge in [-0.3, -0.25) is 4.79 Å². The van der Waals surface area contributed by atoms with Crippen LogP contribution in [0.5, 0.6) is 0 Å². The topological polar surface area (TPSA) is 57.6 Å². The number of aromatic nitrogens is 1. The van der Waals surface area contributed by atoms with Crippen molar-refractivity contribution in [3.05, 3.63) is 65.0 Å². The maximum Gasteiger partial charge on any atom is 0.317 e. The van der Waals surface area contributed by atoms with Gasteiger partial charge in [0.2, 0.25) is 0 Å². The van der Waals surface area contributed by atoms with Crippen molar-refractivity contribution < 1.29 is 18.4 Å². The average molecular weight is 443 g/mol. The summed E-state index contributed by atoms with van der Waals surface area (Å²) in [5.41, 5.74) is 1.92. The lowest BCUT2D eigenvalue weighted by Crippen LogP contribution is -2.51. The van der Waals surface area contributed by atoms with Crippen LogP contribution < -0.4 is 5.32 Å². The van der Waals surface area contributed by atoms with Crippen LogP contribution in [0.4, 0.5) is 13.6 Å². The molecule has 0 radical (unpaired) electrons. The highest BCUT2D eigenvalue weighted by Gasteiger charge is 2.27. The second kappa shape index (κ2) is 9.54. The van der Waals surface area contributed by atoms with Crippen LogP contribution in [0.3, 0.4) is 0 Å². The third kappa shape index (κ3) is 5.00. The number of benzene rings is 1. The fraction of sp³-hybridized carbons (Fsp3) is 0.417. The summed E-state index contributed by atoms with van der Waals surface area (Å²) in [7, 11) is 1.86. The van der Waals surface area contributed by atoms with E-state index in [9.17, 15) is 18.4 Å². The van der Waals surface area contributed by atoms with E-state index < -0.39 is 11.6 Å². The third-order valence-electron chi connectivity index (χ3n) is 6.28. The van der Waals surface area contributed by atoms with Crippen LogP contribution in [-0.4, -0.2) is 58.5 Å². The van der Waals surface area contributed by atoms with Crippen LogP contribution in [0, 0.1) is 11.6 Å². The number of hydrogen-bond acceptors (Lipinski definition) is 2. The molecule has 2 aromatic rings. The SMILES string of the molecule is Cn1cccc1C(=O)N1CCC(NC(=O)N2CCC(=Cc3cc(F)ccc3F)CC2)CC1. The van der Waals surface area contributed by atoms with Crippen molar-refractivity contribution in [1.29, 1.82) is 0 Å². The molecule has 2 aliphatic rings. The van der Waals surface area contributed by atoms with Gasteiger partial charge in [-0.1, -0.05) is 11.6 Å². The molecule has 1 N–H and O–H groups in total. The molecule has 0 aliphatic carbocycles. The number of piperidine rings is 2. The van der Waals surface area contributed by atoms with Gasteiger partial charge in [0.25, 0.3) is 5.91 Å². The fourth-order valence-electron chi connectivity index (χ4n) is 4.32. The Labute approximate surface area is 186 Å². The lowest BCUT2D eigenvalue weighted by Gasteiger charge is -2.35. The smallest absolute Gasteiger partial charge is 0.317 e. The molecule has 1 aromatic carbocycles. The second-order valence-electron chi connectivity index (χ2n) is 8.48. The van der Waals surface area contributed by atoms with E-state index in [1.807, 2.05) is 34.8 Å². The first-order chi connectivity index (χ1) is 15.4. The summed E-state index contributed by atoms with van der Waals surface area (Å²) >= 11 is 0. The zero-order chi connectivity index (χ0) is 22.7. The predicted octanol–water partition coefficient (Wildman–Crippen LogP) is 3.80. The Balaban J connectivity index is 1.24.